The number of Topliss-reactive ketones (excluding diaryl/α,β-unsaturated/α-hetero) is 1. The van der Waals surface area contributed by atoms with Crippen molar-refractivity contribution in [1.29, 1.82) is 0 Å². The van der Waals surface area contributed by atoms with Gasteiger partial charge >= 0.3 is 0 Å². The number of fused-ring (bicyclic) bond motifs is 1. The fourth-order valence-corrected chi connectivity index (χ4v) is 1.50. The first-order chi connectivity index (χ1) is 6.83. The van der Waals surface area contributed by atoms with Crippen LogP contribution in [0.25, 0.3) is 10.8 Å². The van der Waals surface area contributed by atoms with Gasteiger partial charge in [0.2, 0.25) is 5.78 Å². The number of carbonyl (C=O) groups excluding carboxylic acids is 2. The molecule has 0 radical (unpaired) electrons. The molecule has 0 fully saturated rings. The topological polar surface area (TPSA) is 65.6 Å². The lowest BCUT2D eigenvalue weighted by Gasteiger charge is -2.00. The highest BCUT2D eigenvalue weighted by atomic mass is 16.2. The van der Waals surface area contributed by atoms with Crippen LogP contribution >= 0.6 is 0 Å². The molecule has 0 saturated heterocycles. The van der Waals surface area contributed by atoms with Gasteiger partial charge in [0.05, 0.1) is 0 Å². The molecular weight excluding hydrogens is 192 g/mol. The largest absolute Gasteiger partial charge is 0.412 e. The average molecular weight is 202 g/mol. The monoisotopic (exact) mass is 202 g/mol. The van der Waals surface area contributed by atoms with E-state index in [1.165, 1.54) is 0 Å². The smallest absolute Gasteiger partial charge is 0.225 e. The summed E-state index contributed by atoms with van der Waals surface area (Å²) in [4.78, 5) is 21.7. The van der Waals surface area contributed by atoms with Gasteiger partial charge in [0.1, 0.15) is 0 Å². The maximum absolute atomic E-state index is 11.3. The second-order valence-corrected chi connectivity index (χ2v) is 3.01. The van der Waals surface area contributed by atoms with Gasteiger partial charge in [-0.3, -0.25) is 9.59 Å². The van der Waals surface area contributed by atoms with Crippen LogP contribution in [-0.4, -0.2) is 17.5 Å². The second-order valence-electron chi connectivity index (χ2n) is 3.01. The van der Waals surface area contributed by atoms with Crippen LogP contribution in [0.4, 0.5) is 0 Å². The molecule has 0 aromatic heterocycles. The summed E-state index contributed by atoms with van der Waals surface area (Å²) in [6.07, 6.45) is 0.349. The zero-order valence-electron chi connectivity index (χ0n) is 7.94. The van der Waals surface area contributed by atoms with Crippen molar-refractivity contribution in [2.45, 2.75) is 0 Å². The third-order valence-electron chi connectivity index (χ3n) is 2.16. The highest BCUT2D eigenvalue weighted by Crippen LogP contribution is 2.18. The zero-order chi connectivity index (χ0) is 9.97. The lowest BCUT2D eigenvalue weighted by Crippen LogP contribution is -2.00. The Morgan fingerprint density at radius 1 is 1.00 bits per heavy atom. The lowest BCUT2D eigenvalue weighted by atomic mass is 10.0. The molecule has 0 heterocycles. The Labute approximate surface area is 86.6 Å². The van der Waals surface area contributed by atoms with Crippen LogP contribution in [-0.2, 0) is 4.79 Å². The van der Waals surface area contributed by atoms with Gasteiger partial charge in [-0.15, -0.1) is 0 Å². The minimum absolute atomic E-state index is 0. The van der Waals surface area contributed by atoms with Crippen molar-refractivity contribution in [2.24, 2.45) is 0 Å². The molecule has 3 heteroatoms. The lowest BCUT2D eigenvalue weighted by molar-refractivity contribution is -0.104. The summed E-state index contributed by atoms with van der Waals surface area (Å²) in [6.45, 7) is 0. The first-order valence-corrected chi connectivity index (χ1v) is 4.30. The summed E-state index contributed by atoms with van der Waals surface area (Å²) < 4.78 is 0. The Morgan fingerprint density at radius 3 is 2.40 bits per heavy atom. The number of carbonyl (C=O) groups is 2. The van der Waals surface area contributed by atoms with Gasteiger partial charge in [0, 0.05) is 5.56 Å². The Hall–Kier alpha value is -2.00. The highest BCUT2D eigenvalue weighted by molar-refractivity contribution is 6.36. The molecule has 0 aliphatic heterocycles. The molecule has 0 amide bonds. The summed E-state index contributed by atoms with van der Waals surface area (Å²) in [6, 6.07) is 12.9. The molecule has 0 bridgehead atoms. The summed E-state index contributed by atoms with van der Waals surface area (Å²) in [5, 5.41) is 1.80. The van der Waals surface area contributed by atoms with Crippen molar-refractivity contribution in [1.82, 2.24) is 0 Å². The van der Waals surface area contributed by atoms with Crippen molar-refractivity contribution in [3.05, 3.63) is 48.0 Å². The SMILES string of the molecule is O.O=CC(=O)c1cccc2ccccc12. The molecule has 2 aromatic carbocycles. The van der Waals surface area contributed by atoms with Crippen LogP contribution in [0.5, 0.6) is 0 Å². The van der Waals surface area contributed by atoms with Crippen molar-refractivity contribution in [3.63, 3.8) is 0 Å². The molecule has 2 N–H and O–H groups in total. The fraction of sp³-hybridized carbons (Fsp3) is 0. The molecule has 2 aromatic rings. The van der Waals surface area contributed by atoms with Gasteiger partial charge in [-0.1, -0.05) is 42.5 Å². The summed E-state index contributed by atoms with van der Waals surface area (Å²) in [5.41, 5.74) is 0.470. The number of benzene rings is 2. The van der Waals surface area contributed by atoms with Gasteiger partial charge in [0.25, 0.3) is 0 Å². The first-order valence-electron chi connectivity index (χ1n) is 4.30. The van der Waals surface area contributed by atoms with E-state index < -0.39 is 5.78 Å². The predicted molar refractivity (Wildman–Crippen MR) is 58.0 cm³/mol. The molecule has 0 saturated carbocycles. The number of hydrogen-bond acceptors (Lipinski definition) is 2. The van der Waals surface area contributed by atoms with E-state index in [1.54, 1.807) is 12.1 Å². The standard InChI is InChI=1S/C12H8O2.H2O/c13-8-12(14)11-7-3-5-9-4-1-2-6-10(9)11;/h1-8H;1H2. The van der Waals surface area contributed by atoms with Crippen molar-refractivity contribution < 1.29 is 15.1 Å². The third-order valence-corrected chi connectivity index (χ3v) is 2.16. The van der Waals surface area contributed by atoms with Gasteiger partial charge < -0.3 is 5.48 Å². The molecular formula is C12H10O3. The predicted octanol–water partition coefficient (Wildman–Crippen LogP) is 1.40. The van der Waals surface area contributed by atoms with Gasteiger partial charge in [-0.05, 0) is 10.8 Å². The quantitative estimate of drug-likeness (QED) is 0.419. The Morgan fingerprint density at radius 2 is 1.67 bits per heavy atom. The van der Waals surface area contributed by atoms with E-state index in [4.69, 9.17) is 0 Å². The van der Waals surface area contributed by atoms with Crippen LogP contribution in [0.15, 0.2) is 42.5 Å². The fourth-order valence-electron chi connectivity index (χ4n) is 1.50. The Kier molecular flexibility index (Phi) is 3.31. The van der Waals surface area contributed by atoms with E-state index in [9.17, 15) is 9.59 Å². The second kappa shape index (κ2) is 4.48. The van der Waals surface area contributed by atoms with Crippen LogP contribution in [0.1, 0.15) is 10.4 Å². The molecule has 0 aliphatic carbocycles. The summed E-state index contributed by atoms with van der Waals surface area (Å²) in [5.74, 6) is -0.471. The van der Waals surface area contributed by atoms with Gasteiger partial charge in [-0.2, -0.15) is 0 Å². The molecule has 0 unspecified atom stereocenters. The normalized spacial score (nSPS) is 9.33. The molecule has 0 aliphatic rings. The summed E-state index contributed by atoms with van der Waals surface area (Å²) >= 11 is 0. The minimum Gasteiger partial charge on any atom is -0.412 e. The van der Waals surface area contributed by atoms with Crippen molar-refractivity contribution in [2.75, 3.05) is 0 Å². The maximum atomic E-state index is 11.3. The molecule has 76 valence electrons. The Balaban J connectivity index is 0.00000112. The molecule has 0 spiro atoms. The van der Waals surface area contributed by atoms with Crippen LogP contribution < -0.4 is 0 Å². The highest BCUT2D eigenvalue weighted by Gasteiger charge is 2.07. The van der Waals surface area contributed by atoms with Crippen LogP contribution in [0.3, 0.4) is 0 Å². The van der Waals surface area contributed by atoms with Crippen molar-refractivity contribution in [3.8, 4) is 0 Å². The van der Waals surface area contributed by atoms with E-state index in [0.717, 1.165) is 10.8 Å². The molecule has 0 atom stereocenters. The summed E-state index contributed by atoms with van der Waals surface area (Å²) in [7, 11) is 0. The average Bonchev–Trinajstić information content (AvgIpc) is 2.27. The van der Waals surface area contributed by atoms with Gasteiger partial charge in [-0.25, -0.2) is 0 Å². The molecule has 3 nitrogen and oxygen atoms in total. The van der Waals surface area contributed by atoms with E-state index in [-0.39, 0.29) is 5.48 Å². The minimum atomic E-state index is -0.471. The van der Waals surface area contributed by atoms with Crippen molar-refractivity contribution >= 4 is 22.8 Å². The van der Waals surface area contributed by atoms with Gasteiger partial charge in [0.15, 0.2) is 6.29 Å². The number of rotatable bonds is 2. The number of ketones is 1. The first kappa shape index (κ1) is 11.1. The van der Waals surface area contributed by atoms with E-state index in [0.29, 0.717) is 11.8 Å². The Bertz CT molecular complexity index is 498. The molecule has 15 heavy (non-hydrogen) atoms. The zero-order valence-corrected chi connectivity index (χ0v) is 7.94. The number of aldehydes is 1. The van der Waals surface area contributed by atoms with Crippen LogP contribution in [0, 0.1) is 0 Å². The van der Waals surface area contributed by atoms with E-state index >= 15 is 0 Å². The van der Waals surface area contributed by atoms with Crippen LogP contribution in [0.2, 0.25) is 0 Å². The van der Waals surface area contributed by atoms with E-state index in [1.807, 2.05) is 30.3 Å². The third kappa shape index (κ3) is 1.92. The maximum Gasteiger partial charge on any atom is 0.225 e. The number of hydrogen-bond donors (Lipinski definition) is 0. The molecule has 2 rings (SSSR count). The van der Waals surface area contributed by atoms with E-state index in [2.05, 4.69) is 0 Å².